The first-order chi connectivity index (χ1) is 16.3. The summed E-state index contributed by atoms with van der Waals surface area (Å²) >= 11 is 3.39. The highest BCUT2D eigenvalue weighted by Gasteiger charge is 2.45. The molecule has 0 amide bonds. The van der Waals surface area contributed by atoms with E-state index in [1.165, 1.54) is 0 Å². The SMILES string of the molecule is CC[C@@]1(O)C(=O)OCc2c1cc1n(c2=O)Cc2c-1nc1cnc(Br)cc1c2C.O=C(O)C(F)(F)F. The Morgan fingerprint density at radius 3 is 2.54 bits per heavy atom. The maximum Gasteiger partial charge on any atom is 0.490 e. The number of aliphatic carboxylic acids is 1. The van der Waals surface area contributed by atoms with E-state index in [4.69, 9.17) is 19.6 Å². The van der Waals surface area contributed by atoms with Gasteiger partial charge in [0, 0.05) is 16.5 Å². The molecule has 3 aromatic rings. The molecular weight excluding hydrogens is 539 g/mol. The van der Waals surface area contributed by atoms with Crippen molar-refractivity contribution in [3.05, 3.63) is 55.5 Å². The fourth-order valence-electron chi connectivity index (χ4n) is 4.16. The second kappa shape index (κ2) is 8.41. The molecule has 0 radical (unpaired) electrons. The third-order valence-electron chi connectivity index (χ3n) is 6.07. The molecule has 1 atom stereocenters. The van der Waals surface area contributed by atoms with Gasteiger partial charge in [-0.15, -0.1) is 0 Å². The summed E-state index contributed by atoms with van der Waals surface area (Å²) in [5.41, 5.74) is 2.58. The summed E-state index contributed by atoms with van der Waals surface area (Å²) in [6, 6.07) is 3.63. The summed E-state index contributed by atoms with van der Waals surface area (Å²) in [5, 5.41) is 19.0. The van der Waals surface area contributed by atoms with E-state index in [9.17, 15) is 27.9 Å². The molecular formula is C22H17BrF3N3O6. The molecule has 5 rings (SSSR count). The molecule has 13 heteroatoms. The first-order valence-electron chi connectivity index (χ1n) is 10.2. The van der Waals surface area contributed by atoms with Crippen LogP contribution >= 0.6 is 15.9 Å². The summed E-state index contributed by atoms with van der Waals surface area (Å²) in [6.45, 7) is 3.96. The first-order valence-corrected chi connectivity index (χ1v) is 11.0. The smallest absolute Gasteiger partial charge is 0.475 e. The van der Waals surface area contributed by atoms with E-state index >= 15 is 0 Å². The lowest BCUT2D eigenvalue weighted by molar-refractivity contribution is -0.192. The van der Waals surface area contributed by atoms with E-state index in [1.54, 1.807) is 23.8 Å². The molecule has 2 N–H and O–H groups in total. The molecule has 0 saturated carbocycles. The molecule has 0 bridgehead atoms. The van der Waals surface area contributed by atoms with Crippen LogP contribution in [0.25, 0.3) is 22.3 Å². The van der Waals surface area contributed by atoms with Gasteiger partial charge in [0.2, 0.25) is 0 Å². The van der Waals surface area contributed by atoms with Gasteiger partial charge < -0.3 is 19.5 Å². The zero-order valence-electron chi connectivity index (χ0n) is 18.2. The molecule has 184 valence electrons. The second-order valence-corrected chi connectivity index (χ2v) is 8.81. The van der Waals surface area contributed by atoms with Crippen LogP contribution in [0, 0.1) is 6.92 Å². The zero-order chi connectivity index (χ0) is 25.9. The van der Waals surface area contributed by atoms with Crippen molar-refractivity contribution in [2.75, 3.05) is 0 Å². The molecule has 5 heterocycles. The number of halogens is 4. The molecule has 0 unspecified atom stereocenters. The van der Waals surface area contributed by atoms with Crippen LogP contribution in [0.1, 0.15) is 35.6 Å². The van der Waals surface area contributed by atoms with Crippen LogP contribution in [-0.4, -0.2) is 42.9 Å². The highest BCUT2D eigenvalue weighted by atomic mass is 79.9. The van der Waals surface area contributed by atoms with Crippen molar-refractivity contribution in [1.82, 2.24) is 14.5 Å². The Morgan fingerprint density at radius 2 is 1.94 bits per heavy atom. The Hall–Kier alpha value is -3.32. The third kappa shape index (κ3) is 3.97. The van der Waals surface area contributed by atoms with Crippen molar-refractivity contribution in [2.24, 2.45) is 0 Å². The van der Waals surface area contributed by atoms with Gasteiger partial charge in [0.25, 0.3) is 5.56 Å². The molecule has 2 aliphatic heterocycles. The summed E-state index contributed by atoms with van der Waals surface area (Å²) in [4.78, 5) is 43.3. The van der Waals surface area contributed by atoms with Gasteiger partial charge in [0.05, 0.1) is 35.2 Å². The summed E-state index contributed by atoms with van der Waals surface area (Å²) in [5.74, 6) is -3.48. The number of hydrogen-bond donors (Lipinski definition) is 2. The van der Waals surface area contributed by atoms with Crippen LogP contribution in [0.15, 0.2) is 27.7 Å². The van der Waals surface area contributed by atoms with Crippen LogP contribution in [0.5, 0.6) is 0 Å². The minimum Gasteiger partial charge on any atom is -0.475 e. The topological polar surface area (TPSA) is 132 Å². The number of alkyl halides is 3. The number of carbonyl (C=O) groups is 2. The number of ether oxygens (including phenoxy) is 1. The maximum atomic E-state index is 13.2. The van der Waals surface area contributed by atoms with Crippen molar-refractivity contribution in [3.63, 3.8) is 0 Å². The average molecular weight is 556 g/mol. The molecule has 0 fully saturated rings. The van der Waals surface area contributed by atoms with E-state index < -0.39 is 23.7 Å². The summed E-state index contributed by atoms with van der Waals surface area (Å²) in [7, 11) is 0. The highest BCUT2D eigenvalue weighted by Crippen LogP contribution is 2.40. The third-order valence-corrected chi connectivity index (χ3v) is 6.50. The van der Waals surface area contributed by atoms with Gasteiger partial charge in [-0.3, -0.25) is 4.79 Å². The monoisotopic (exact) mass is 555 g/mol. The number of aliphatic hydroxyl groups is 1. The minimum absolute atomic E-state index is 0.122. The number of aryl methyl sites for hydroxylation is 1. The Balaban J connectivity index is 0.000000364. The van der Waals surface area contributed by atoms with Gasteiger partial charge in [-0.05, 0) is 47.0 Å². The van der Waals surface area contributed by atoms with Crippen molar-refractivity contribution >= 4 is 38.8 Å². The summed E-state index contributed by atoms with van der Waals surface area (Å²) in [6.07, 6.45) is -3.28. The van der Waals surface area contributed by atoms with Gasteiger partial charge >= 0.3 is 18.1 Å². The normalized spacial score (nSPS) is 18.2. The maximum absolute atomic E-state index is 13.2. The number of rotatable bonds is 1. The zero-order valence-corrected chi connectivity index (χ0v) is 19.8. The molecule has 2 aliphatic rings. The lowest BCUT2D eigenvalue weighted by atomic mass is 9.86. The van der Waals surface area contributed by atoms with Crippen LogP contribution < -0.4 is 5.56 Å². The Morgan fingerprint density at radius 1 is 1.29 bits per heavy atom. The first kappa shape index (κ1) is 24.8. The Labute approximate surface area is 203 Å². The van der Waals surface area contributed by atoms with Crippen molar-refractivity contribution in [3.8, 4) is 11.4 Å². The number of aromatic nitrogens is 3. The van der Waals surface area contributed by atoms with Crippen LogP contribution in [0.2, 0.25) is 0 Å². The minimum atomic E-state index is -5.08. The molecule has 35 heavy (non-hydrogen) atoms. The van der Waals surface area contributed by atoms with Crippen molar-refractivity contribution in [1.29, 1.82) is 0 Å². The molecule has 9 nitrogen and oxygen atoms in total. The number of cyclic esters (lactones) is 1. The fraction of sp³-hybridized carbons (Fsp3) is 0.318. The van der Waals surface area contributed by atoms with Crippen molar-refractivity contribution in [2.45, 2.75) is 45.2 Å². The number of carboxylic acid groups (broad SMARTS) is 1. The van der Waals surface area contributed by atoms with E-state index in [0.29, 0.717) is 29.1 Å². The number of fused-ring (bicyclic) bond motifs is 5. The number of carboxylic acids is 1. The van der Waals surface area contributed by atoms with Crippen LogP contribution in [0.4, 0.5) is 13.2 Å². The van der Waals surface area contributed by atoms with Gasteiger partial charge in [-0.25, -0.2) is 19.6 Å². The number of hydrogen-bond acceptors (Lipinski definition) is 7. The quantitative estimate of drug-likeness (QED) is 0.270. The fourth-order valence-corrected chi connectivity index (χ4v) is 4.49. The largest absolute Gasteiger partial charge is 0.490 e. The van der Waals surface area contributed by atoms with Crippen LogP contribution in [-0.2, 0) is 33.1 Å². The predicted octanol–water partition coefficient (Wildman–Crippen LogP) is 3.18. The number of nitrogens with zero attached hydrogens (tertiary/aromatic N) is 3. The van der Waals surface area contributed by atoms with Gasteiger partial charge in [0.1, 0.15) is 11.2 Å². The lowest BCUT2D eigenvalue weighted by Gasteiger charge is -2.31. The number of esters is 1. The van der Waals surface area contributed by atoms with E-state index in [-0.39, 0.29) is 18.6 Å². The molecule has 0 aliphatic carbocycles. The Kier molecular flexibility index (Phi) is 5.96. The van der Waals surface area contributed by atoms with Crippen molar-refractivity contribution < 1.29 is 37.7 Å². The highest BCUT2D eigenvalue weighted by molar-refractivity contribution is 9.10. The molecule has 0 aromatic carbocycles. The summed E-state index contributed by atoms with van der Waals surface area (Å²) < 4.78 is 39.2. The van der Waals surface area contributed by atoms with E-state index in [0.717, 1.165) is 26.6 Å². The average Bonchev–Trinajstić information content (AvgIpc) is 3.16. The molecule has 0 spiro atoms. The van der Waals surface area contributed by atoms with Gasteiger partial charge in [0.15, 0.2) is 5.60 Å². The Bertz CT molecular complexity index is 1470. The standard InChI is InChI=1S/C20H16BrN3O4.C2HF3O2/c1-3-20(27)13-5-15-17-11(7-24(15)18(25)12(13)8-28-19(20)26)9(2)10-4-16(21)22-6-14(10)23-17;3-2(4,5)1(6)7/h4-6,27H,3,7-8H2,1-2H3;(H,6,7)/t20-;/m0./s1. The van der Waals surface area contributed by atoms with Crippen LogP contribution in [0.3, 0.4) is 0 Å². The van der Waals surface area contributed by atoms with E-state index in [1.807, 2.05) is 13.0 Å². The number of carbonyl (C=O) groups excluding carboxylic acids is 1. The van der Waals surface area contributed by atoms with E-state index in [2.05, 4.69) is 20.9 Å². The molecule has 3 aromatic heterocycles. The van der Waals surface area contributed by atoms with Gasteiger partial charge in [-0.1, -0.05) is 6.92 Å². The second-order valence-electron chi connectivity index (χ2n) is 7.99. The predicted molar refractivity (Wildman–Crippen MR) is 118 cm³/mol. The lowest BCUT2D eigenvalue weighted by Crippen LogP contribution is -2.44. The number of pyridine rings is 3. The molecule has 0 saturated heterocycles. The van der Waals surface area contributed by atoms with Gasteiger partial charge in [-0.2, -0.15) is 13.2 Å².